The van der Waals surface area contributed by atoms with E-state index in [4.69, 9.17) is 9.15 Å². The maximum atomic E-state index is 5.64. The molecule has 0 radical (unpaired) electrons. The van der Waals surface area contributed by atoms with E-state index in [2.05, 4.69) is 20.2 Å². The average Bonchev–Trinajstić information content (AvgIpc) is 2.98. The smallest absolute Gasteiger partial charge is 0.251 e. The quantitative estimate of drug-likeness (QED) is 0.726. The lowest BCUT2D eigenvalue weighted by Crippen LogP contribution is -1.87. The van der Waals surface area contributed by atoms with E-state index >= 15 is 0 Å². The van der Waals surface area contributed by atoms with Gasteiger partial charge in [0.1, 0.15) is 11.6 Å². The first-order valence-electron chi connectivity index (χ1n) is 6.03. The molecular weight excluding hydrogens is 256 g/mol. The maximum absolute atomic E-state index is 5.64. The SMILES string of the molecule is COc1cccc(-c2nnc(-c3cnc(C)nc3)o2)c1. The van der Waals surface area contributed by atoms with Gasteiger partial charge in [0.15, 0.2) is 0 Å². The van der Waals surface area contributed by atoms with Crippen molar-refractivity contribution in [2.24, 2.45) is 0 Å². The highest BCUT2D eigenvalue weighted by atomic mass is 16.5. The number of benzene rings is 1. The van der Waals surface area contributed by atoms with Gasteiger partial charge in [0.25, 0.3) is 5.89 Å². The molecule has 3 rings (SSSR count). The fourth-order valence-electron chi connectivity index (χ4n) is 1.72. The van der Waals surface area contributed by atoms with Crippen LogP contribution in [0.2, 0.25) is 0 Å². The monoisotopic (exact) mass is 268 g/mol. The molecule has 3 aromatic rings. The van der Waals surface area contributed by atoms with Crippen molar-refractivity contribution in [3.8, 4) is 28.7 Å². The van der Waals surface area contributed by atoms with Gasteiger partial charge in [0, 0.05) is 18.0 Å². The van der Waals surface area contributed by atoms with Crippen LogP contribution in [0.1, 0.15) is 5.82 Å². The van der Waals surface area contributed by atoms with E-state index in [9.17, 15) is 0 Å². The summed E-state index contributed by atoms with van der Waals surface area (Å²) in [5.41, 5.74) is 1.49. The van der Waals surface area contributed by atoms with Gasteiger partial charge in [0.05, 0.1) is 12.7 Å². The van der Waals surface area contributed by atoms with Crippen molar-refractivity contribution in [3.05, 3.63) is 42.5 Å². The predicted molar refractivity (Wildman–Crippen MR) is 72.0 cm³/mol. The topological polar surface area (TPSA) is 73.9 Å². The van der Waals surface area contributed by atoms with E-state index in [-0.39, 0.29) is 0 Å². The van der Waals surface area contributed by atoms with Gasteiger partial charge in [-0.3, -0.25) is 0 Å². The van der Waals surface area contributed by atoms with Crippen molar-refractivity contribution in [2.45, 2.75) is 6.92 Å². The van der Waals surface area contributed by atoms with Crippen LogP contribution in [0, 0.1) is 6.92 Å². The van der Waals surface area contributed by atoms with Crippen molar-refractivity contribution < 1.29 is 9.15 Å². The third-order valence-corrected chi connectivity index (χ3v) is 2.77. The van der Waals surface area contributed by atoms with Crippen LogP contribution in [0.15, 0.2) is 41.1 Å². The molecule has 0 N–H and O–H groups in total. The summed E-state index contributed by atoms with van der Waals surface area (Å²) in [6.07, 6.45) is 3.32. The van der Waals surface area contributed by atoms with Gasteiger partial charge in [-0.1, -0.05) is 6.07 Å². The number of aromatic nitrogens is 4. The van der Waals surface area contributed by atoms with Crippen LogP contribution < -0.4 is 4.74 Å². The van der Waals surface area contributed by atoms with Crippen LogP contribution in [0.4, 0.5) is 0 Å². The van der Waals surface area contributed by atoms with E-state index in [0.717, 1.165) is 11.3 Å². The second kappa shape index (κ2) is 5.08. The molecule has 100 valence electrons. The minimum Gasteiger partial charge on any atom is -0.497 e. The normalized spacial score (nSPS) is 10.5. The summed E-state index contributed by atoms with van der Waals surface area (Å²) >= 11 is 0. The first-order chi connectivity index (χ1) is 9.76. The molecule has 0 saturated carbocycles. The molecule has 0 aliphatic carbocycles. The number of hydrogen-bond donors (Lipinski definition) is 0. The first-order valence-corrected chi connectivity index (χ1v) is 6.03. The zero-order valence-corrected chi connectivity index (χ0v) is 11.1. The average molecular weight is 268 g/mol. The summed E-state index contributed by atoms with van der Waals surface area (Å²) in [6, 6.07) is 7.44. The van der Waals surface area contributed by atoms with Gasteiger partial charge in [-0.05, 0) is 25.1 Å². The second-order valence-corrected chi connectivity index (χ2v) is 4.16. The van der Waals surface area contributed by atoms with Gasteiger partial charge in [-0.15, -0.1) is 10.2 Å². The maximum Gasteiger partial charge on any atom is 0.251 e. The van der Waals surface area contributed by atoms with Crippen LogP contribution in [-0.4, -0.2) is 27.3 Å². The molecule has 6 nitrogen and oxygen atoms in total. The third-order valence-electron chi connectivity index (χ3n) is 2.77. The van der Waals surface area contributed by atoms with Gasteiger partial charge in [-0.25, -0.2) is 9.97 Å². The highest BCUT2D eigenvalue weighted by molar-refractivity contribution is 5.58. The van der Waals surface area contributed by atoms with Crippen molar-refractivity contribution in [3.63, 3.8) is 0 Å². The minimum absolute atomic E-state index is 0.391. The zero-order chi connectivity index (χ0) is 13.9. The molecule has 0 saturated heterocycles. The fraction of sp³-hybridized carbons (Fsp3) is 0.143. The second-order valence-electron chi connectivity index (χ2n) is 4.16. The van der Waals surface area contributed by atoms with E-state index in [1.165, 1.54) is 0 Å². The summed E-state index contributed by atoms with van der Waals surface area (Å²) in [7, 11) is 1.61. The first kappa shape index (κ1) is 12.3. The lowest BCUT2D eigenvalue weighted by atomic mass is 10.2. The highest BCUT2D eigenvalue weighted by Gasteiger charge is 2.11. The Morgan fingerprint density at radius 1 is 1.00 bits per heavy atom. The molecule has 1 aromatic carbocycles. The molecule has 20 heavy (non-hydrogen) atoms. The molecule has 0 fully saturated rings. The predicted octanol–water partition coefficient (Wildman–Crippen LogP) is 2.51. The summed E-state index contributed by atoms with van der Waals surface area (Å²) in [5, 5.41) is 8.04. The Bertz CT molecular complexity index is 722. The van der Waals surface area contributed by atoms with Crippen LogP contribution in [-0.2, 0) is 0 Å². The lowest BCUT2D eigenvalue weighted by molar-refractivity contribution is 0.415. The minimum atomic E-state index is 0.391. The van der Waals surface area contributed by atoms with E-state index < -0.39 is 0 Å². The van der Waals surface area contributed by atoms with Crippen LogP contribution in [0.5, 0.6) is 5.75 Å². The van der Waals surface area contributed by atoms with Gasteiger partial charge >= 0.3 is 0 Å². The molecule has 0 bridgehead atoms. The van der Waals surface area contributed by atoms with Crippen molar-refractivity contribution in [1.82, 2.24) is 20.2 Å². The molecule has 0 spiro atoms. The van der Waals surface area contributed by atoms with E-state index in [1.807, 2.05) is 31.2 Å². The lowest BCUT2D eigenvalue weighted by Gasteiger charge is -2.00. The van der Waals surface area contributed by atoms with Crippen LogP contribution in [0.3, 0.4) is 0 Å². The highest BCUT2D eigenvalue weighted by Crippen LogP contribution is 2.25. The number of ether oxygens (including phenoxy) is 1. The Morgan fingerprint density at radius 3 is 2.40 bits per heavy atom. The largest absolute Gasteiger partial charge is 0.497 e. The molecule has 0 unspecified atom stereocenters. The third kappa shape index (κ3) is 2.35. The van der Waals surface area contributed by atoms with Crippen molar-refractivity contribution >= 4 is 0 Å². The summed E-state index contributed by atoms with van der Waals surface area (Å²) < 4.78 is 10.8. The Balaban J connectivity index is 1.95. The Labute approximate surface area is 115 Å². The van der Waals surface area contributed by atoms with Crippen LogP contribution >= 0.6 is 0 Å². The van der Waals surface area contributed by atoms with Crippen molar-refractivity contribution in [2.75, 3.05) is 7.11 Å². The number of hydrogen-bond acceptors (Lipinski definition) is 6. The zero-order valence-electron chi connectivity index (χ0n) is 11.1. The summed E-state index contributed by atoms with van der Waals surface area (Å²) in [4.78, 5) is 8.21. The van der Waals surface area contributed by atoms with Crippen molar-refractivity contribution in [1.29, 1.82) is 0 Å². The number of methoxy groups -OCH3 is 1. The number of rotatable bonds is 3. The Morgan fingerprint density at radius 2 is 1.70 bits per heavy atom. The Hall–Kier alpha value is -2.76. The molecule has 0 atom stereocenters. The fourth-order valence-corrected chi connectivity index (χ4v) is 1.72. The van der Waals surface area contributed by atoms with Crippen LogP contribution in [0.25, 0.3) is 22.9 Å². The van der Waals surface area contributed by atoms with E-state index in [1.54, 1.807) is 19.5 Å². The van der Waals surface area contributed by atoms with Gasteiger partial charge < -0.3 is 9.15 Å². The molecule has 6 heteroatoms. The summed E-state index contributed by atoms with van der Waals surface area (Å²) in [6.45, 7) is 1.82. The summed E-state index contributed by atoms with van der Waals surface area (Å²) in [5.74, 6) is 2.25. The molecule has 2 heterocycles. The standard InChI is InChI=1S/C14H12N4O2/c1-9-15-7-11(8-16-9)14-18-17-13(20-14)10-4-3-5-12(6-10)19-2/h3-8H,1-2H3. The van der Waals surface area contributed by atoms with E-state index in [0.29, 0.717) is 23.2 Å². The molecule has 0 aliphatic heterocycles. The Kier molecular flexibility index (Phi) is 3.12. The van der Waals surface area contributed by atoms with Gasteiger partial charge in [-0.2, -0.15) is 0 Å². The molecule has 0 amide bonds. The molecule has 0 aliphatic rings. The molecule has 2 aromatic heterocycles. The number of nitrogens with zero attached hydrogens (tertiary/aromatic N) is 4. The molecular formula is C14H12N4O2. The van der Waals surface area contributed by atoms with Gasteiger partial charge in [0.2, 0.25) is 5.89 Å². The number of aryl methyl sites for hydroxylation is 1.